The zero-order valence-corrected chi connectivity index (χ0v) is 10.3. The lowest BCUT2D eigenvalue weighted by atomic mass is 10.0. The van der Waals surface area contributed by atoms with E-state index in [0.717, 1.165) is 0 Å². The first-order chi connectivity index (χ1) is 9.07. The summed E-state index contributed by atoms with van der Waals surface area (Å²) in [6, 6.07) is 1.34. The second kappa shape index (κ2) is 4.77. The van der Waals surface area contributed by atoms with Gasteiger partial charge < -0.3 is 5.32 Å². The second-order valence-corrected chi connectivity index (χ2v) is 4.42. The summed E-state index contributed by atoms with van der Waals surface area (Å²) < 4.78 is 75.9. The smallest absolute Gasteiger partial charge is 0.341 e. The molecule has 0 aliphatic carbocycles. The van der Waals surface area contributed by atoms with Crippen molar-refractivity contribution in [2.45, 2.75) is 18.5 Å². The first kappa shape index (κ1) is 14.9. The third kappa shape index (κ3) is 3.12. The van der Waals surface area contributed by atoms with Gasteiger partial charge in [-0.25, -0.2) is 5.43 Å². The molecular weight excluding hydrogens is 308 g/mol. The summed E-state index contributed by atoms with van der Waals surface area (Å²) in [4.78, 5) is 0. The SMILES string of the molecule is FC(F)(F)c1cc(C2NNC(=S)N2)cc(C(F)(F)F)c1. The minimum Gasteiger partial charge on any atom is -0.341 e. The Labute approximate surface area is 114 Å². The fourth-order valence-electron chi connectivity index (χ4n) is 1.65. The van der Waals surface area contributed by atoms with Crippen molar-refractivity contribution in [1.29, 1.82) is 0 Å². The summed E-state index contributed by atoms with van der Waals surface area (Å²) in [5, 5.41) is 2.59. The molecule has 3 nitrogen and oxygen atoms in total. The molecule has 1 atom stereocenters. The number of nitrogens with one attached hydrogen (secondary N) is 3. The van der Waals surface area contributed by atoms with Gasteiger partial charge in [0.1, 0.15) is 6.17 Å². The lowest BCUT2D eigenvalue weighted by molar-refractivity contribution is -0.143. The van der Waals surface area contributed by atoms with Crippen LogP contribution in [0.1, 0.15) is 22.9 Å². The molecule has 0 radical (unpaired) electrons. The van der Waals surface area contributed by atoms with Crippen molar-refractivity contribution in [3.05, 3.63) is 34.9 Å². The van der Waals surface area contributed by atoms with E-state index in [9.17, 15) is 26.3 Å². The molecule has 1 fully saturated rings. The largest absolute Gasteiger partial charge is 0.416 e. The molecule has 1 saturated heterocycles. The van der Waals surface area contributed by atoms with E-state index < -0.39 is 29.6 Å². The summed E-state index contributed by atoms with van der Waals surface area (Å²) >= 11 is 4.68. The van der Waals surface area contributed by atoms with E-state index in [1.807, 2.05) is 0 Å². The van der Waals surface area contributed by atoms with Gasteiger partial charge in [0.15, 0.2) is 5.11 Å². The van der Waals surface area contributed by atoms with Crippen LogP contribution in [0, 0.1) is 0 Å². The third-order valence-electron chi connectivity index (χ3n) is 2.55. The fraction of sp³-hybridized carbons (Fsp3) is 0.300. The van der Waals surface area contributed by atoms with Crippen LogP contribution >= 0.6 is 12.2 Å². The van der Waals surface area contributed by atoms with Crippen molar-refractivity contribution in [3.8, 4) is 0 Å². The number of rotatable bonds is 1. The van der Waals surface area contributed by atoms with Gasteiger partial charge in [-0.2, -0.15) is 26.3 Å². The van der Waals surface area contributed by atoms with E-state index in [4.69, 9.17) is 0 Å². The lowest BCUT2D eigenvalue weighted by Crippen LogP contribution is -2.27. The standard InChI is InChI=1S/C10H7F6N3S/c11-9(12,13)5-1-4(7-17-8(20)19-18-7)2-6(3-5)10(14,15)16/h1-3,7,18H,(H2,17,19,20). The van der Waals surface area contributed by atoms with Crippen molar-refractivity contribution in [2.24, 2.45) is 0 Å². The maximum absolute atomic E-state index is 12.7. The average Bonchev–Trinajstić information content (AvgIpc) is 2.73. The average molecular weight is 315 g/mol. The highest BCUT2D eigenvalue weighted by atomic mass is 32.1. The molecule has 110 valence electrons. The van der Waals surface area contributed by atoms with Gasteiger partial charge in [-0.05, 0) is 36.0 Å². The number of thiocarbonyl (C=S) groups is 1. The Morgan fingerprint density at radius 3 is 1.75 bits per heavy atom. The molecular formula is C10H7F6N3S. The van der Waals surface area contributed by atoms with Crippen molar-refractivity contribution in [2.75, 3.05) is 0 Å². The maximum atomic E-state index is 12.7. The molecule has 0 amide bonds. The Morgan fingerprint density at radius 1 is 0.900 bits per heavy atom. The first-order valence-corrected chi connectivity index (χ1v) is 5.59. The highest BCUT2D eigenvalue weighted by Crippen LogP contribution is 2.37. The molecule has 0 saturated carbocycles. The van der Waals surface area contributed by atoms with Gasteiger partial charge in [-0.1, -0.05) is 0 Å². The summed E-state index contributed by atoms with van der Waals surface area (Å²) in [5.74, 6) is 0. The van der Waals surface area contributed by atoms with Crippen LogP contribution in [0.3, 0.4) is 0 Å². The molecule has 0 aromatic heterocycles. The Balaban J connectivity index is 2.49. The summed E-state index contributed by atoms with van der Waals surface area (Å²) in [5.41, 5.74) is 1.87. The monoisotopic (exact) mass is 315 g/mol. The van der Waals surface area contributed by atoms with E-state index in [-0.39, 0.29) is 16.7 Å². The number of hydrogen-bond donors (Lipinski definition) is 3. The fourth-order valence-corrected chi connectivity index (χ4v) is 1.83. The summed E-state index contributed by atoms with van der Waals surface area (Å²) in [6.45, 7) is 0. The minimum atomic E-state index is -4.87. The van der Waals surface area contributed by atoms with Gasteiger partial charge in [0, 0.05) is 0 Å². The van der Waals surface area contributed by atoms with Gasteiger partial charge in [-0.3, -0.25) is 5.43 Å². The molecule has 0 spiro atoms. The van der Waals surface area contributed by atoms with Crippen molar-refractivity contribution >= 4 is 17.3 Å². The van der Waals surface area contributed by atoms with Gasteiger partial charge in [0.25, 0.3) is 0 Å². The molecule has 3 N–H and O–H groups in total. The zero-order valence-electron chi connectivity index (χ0n) is 9.49. The molecule has 1 aliphatic heterocycles. The van der Waals surface area contributed by atoms with Gasteiger partial charge >= 0.3 is 12.4 Å². The Morgan fingerprint density at radius 2 is 1.40 bits per heavy atom. The number of benzene rings is 1. The van der Waals surface area contributed by atoms with Crippen LogP contribution in [0.2, 0.25) is 0 Å². The molecule has 10 heteroatoms. The van der Waals surface area contributed by atoms with Crippen LogP contribution in [-0.2, 0) is 12.4 Å². The minimum absolute atomic E-state index is 0.0736. The molecule has 1 unspecified atom stereocenters. The summed E-state index contributed by atoms with van der Waals surface area (Å²) in [7, 11) is 0. The van der Waals surface area contributed by atoms with Crippen LogP contribution in [0.4, 0.5) is 26.3 Å². The van der Waals surface area contributed by atoms with Crippen molar-refractivity contribution in [1.82, 2.24) is 16.2 Å². The number of halogens is 6. The van der Waals surface area contributed by atoms with E-state index in [0.29, 0.717) is 12.1 Å². The lowest BCUT2D eigenvalue weighted by Gasteiger charge is -2.17. The van der Waals surface area contributed by atoms with E-state index in [1.54, 1.807) is 0 Å². The zero-order chi connectivity index (χ0) is 15.1. The molecule has 20 heavy (non-hydrogen) atoms. The molecule has 2 rings (SSSR count). The Hall–Kier alpha value is -1.55. The molecule has 1 aliphatic rings. The van der Waals surface area contributed by atoms with Crippen molar-refractivity contribution in [3.63, 3.8) is 0 Å². The maximum Gasteiger partial charge on any atom is 0.416 e. The predicted molar refractivity (Wildman–Crippen MR) is 61.2 cm³/mol. The van der Waals surface area contributed by atoms with Crippen LogP contribution in [0.5, 0.6) is 0 Å². The van der Waals surface area contributed by atoms with E-state index in [2.05, 4.69) is 28.4 Å². The number of hydrazine groups is 1. The normalized spacial score (nSPS) is 19.7. The quantitative estimate of drug-likeness (QED) is 0.550. The first-order valence-electron chi connectivity index (χ1n) is 5.19. The van der Waals surface area contributed by atoms with Gasteiger partial charge in [-0.15, -0.1) is 0 Å². The van der Waals surface area contributed by atoms with E-state index in [1.165, 1.54) is 0 Å². The highest BCUT2D eigenvalue weighted by molar-refractivity contribution is 7.80. The van der Waals surface area contributed by atoms with E-state index >= 15 is 0 Å². The topological polar surface area (TPSA) is 36.1 Å². The highest BCUT2D eigenvalue weighted by Gasteiger charge is 2.37. The van der Waals surface area contributed by atoms with Crippen molar-refractivity contribution < 1.29 is 26.3 Å². The van der Waals surface area contributed by atoms with Crippen LogP contribution in [-0.4, -0.2) is 5.11 Å². The second-order valence-electron chi connectivity index (χ2n) is 4.02. The van der Waals surface area contributed by atoms with Crippen LogP contribution in [0.25, 0.3) is 0 Å². The predicted octanol–water partition coefficient (Wildman–Crippen LogP) is 2.71. The van der Waals surface area contributed by atoms with Crippen LogP contribution in [0.15, 0.2) is 18.2 Å². The number of hydrogen-bond acceptors (Lipinski definition) is 2. The van der Waals surface area contributed by atoms with Crippen LogP contribution < -0.4 is 16.2 Å². The van der Waals surface area contributed by atoms with Gasteiger partial charge in [0.2, 0.25) is 0 Å². The molecule has 0 bridgehead atoms. The van der Waals surface area contributed by atoms with Gasteiger partial charge in [0.05, 0.1) is 11.1 Å². The Kier molecular flexibility index (Phi) is 3.54. The Bertz CT molecular complexity index is 507. The molecule has 1 heterocycles. The summed E-state index contributed by atoms with van der Waals surface area (Å²) in [6.07, 6.45) is -10.7. The number of alkyl halides is 6. The molecule has 1 aromatic rings. The third-order valence-corrected chi connectivity index (χ3v) is 2.77. The molecule has 1 aromatic carbocycles.